The lowest BCUT2D eigenvalue weighted by Crippen LogP contribution is -2.49. The molecule has 1 fully saturated rings. The smallest absolute Gasteiger partial charge is 0.311 e. The minimum atomic E-state index is -0.717. The number of rotatable bonds is 4. The van der Waals surface area contributed by atoms with Crippen LogP contribution < -0.4 is 0 Å². The normalized spacial score (nSPS) is 16.0. The third-order valence-corrected chi connectivity index (χ3v) is 3.52. The Bertz CT molecular complexity index is 541. The summed E-state index contributed by atoms with van der Waals surface area (Å²) in [4.78, 5) is 26.0. The number of aliphatic hydroxyl groups is 1. The van der Waals surface area contributed by atoms with E-state index in [-0.39, 0.29) is 12.2 Å². The fraction of sp³-hybridized carbons (Fsp3) is 0.462. The van der Waals surface area contributed by atoms with Gasteiger partial charge in [0.1, 0.15) is 0 Å². The second kappa shape index (κ2) is 6.51. The maximum absolute atomic E-state index is 12.3. The highest BCUT2D eigenvalue weighted by Crippen LogP contribution is 2.30. The number of hydrogen-bond donors (Lipinski definition) is 2. The largest absolute Gasteiger partial charge is 0.502 e. The second-order valence-corrected chi connectivity index (χ2v) is 4.79. The van der Waals surface area contributed by atoms with Crippen molar-refractivity contribution in [2.75, 3.05) is 39.3 Å². The molecule has 1 aliphatic rings. The van der Waals surface area contributed by atoms with Crippen molar-refractivity contribution in [3.63, 3.8) is 0 Å². The van der Waals surface area contributed by atoms with Crippen molar-refractivity contribution >= 4 is 11.6 Å². The highest BCUT2D eigenvalue weighted by molar-refractivity contribution is 5.98. The summed E-state index contributed by atoms with van der Waals surface area (Å²) in [6, 6.07) is 3.92. The van der Waals surface area contributed by atoms with Crippen LogP contribution in [0, 0.1) is 10.1 Å². The first-order valence-corrected chi connectivity index (χ1v) is 6.63. The van der Waals surface area contributed by atoms with Gasteiger partial charge in [-0.05, 0) is 6.07 Å². The highest BCUT2D eigenvalue weighted by atomic mass is 16.6. The zero-order chi connectivity index (χ0) is 15.4. The first kappa shape index (κ1) is 15.2. The number of phenolic OH excluding ortho intramolecular Hbond substituents is 1. The number of β-amino-alcohol motifs (C(OH)–C–C–N with tert-alkyl or cyclic N) is 1. The van der Waals surface area contributed by atoms with Gasteiger partial charge in [-0.3, -0.25) is 19.8 Å². The van der Waals surface area contributed by atoms with Gasteiger partial charge >= 0.3 is 5.69 Å². The number of hydrogen-bond acceptors (Lipinski definition) is 6. The molecular weight excluding hydrogens is 278 g/mol. The number of piperazine rings is 1. The molecule has 8 nitrogen and oxygen atoms in total. The van der Waals surface area contributed by atoms with E-state index in [1.165, 1.54) is 12.1 Å². The molecule has 0 bridgehead atoms. The van der Waals surface area contributed by atoms with Gasteiger partial charge in [-0.2, -0.15) is 0 Å². The van der Waals surface area contributed by atoms with Crippen LogP contribution in [0.3, 0.4) is 0 Å². The molecule has 0 atom stereocenters. The van der Waals surface area contributed by atoms with Gasteiger partial charge in [0.15, 0.2) is 0 Å². The van der Waals surface area contributed by atoms with Crippen molar-refractivity contribution in [3.8, 4) is 5.75 Å². The molecule has 0 unspecified atom stereocenters. The van der Waals surface area contributed by atoms with E-state index < -0.39 is 22.3 Å². The van der Waals surface area contributed by atoms with Gasteiger partial charge in [-0.1, -0.05) is 6.07 Å². The van der Waals surface area contributed by atoms with Crippen LogP contribution in [-0.2, 0) is 0 Å². The van der Waals surface area contributed by atoms with Crippen LogP contribution in [0.4, 0.5) is 5.69 Å². The Balaban J connectivity index is 2.11. The second-order valence-electron chi connectivity index (χ2n) is 4.79. The van der Waals surface area contributed by atoms with Crippen LogP contribution in [0.5, 0.6) is 5.75 Å². The zero-order valence-electron chi connectivity index (χ0n) is 11.4. The van der Waals surface area contributed by atoms with E-state index in [4.69, 9.17) is 5.11 Å². The predicted molar refractivity (Wildman–Crippen MR) is 74.2 cm³/mol. The number of carbonyl (C=O) groups excluding carboxylic acids is 1. The molecule has 21 heavy (non-hydrogen) atoms. The maximum Gasteiger partial charge on any atom is 0.311 e. The quantitative estimate of drug-likeness (QED) is 0.600. The van der Waals surface area contributed by atoms with Gasteiger partial charge in [-0.25, -0.2) is 0 Å². The number of nitro groups is 1. The average molecular weight is 295 g/mol. The van der Waals surface area contributed by atoms with E-state index in [1.54, 1.807) is 4.90 Å². The molecular formula is C13H17N3O5. The van der Waals surface area contributed by atoms with E-state index in [0.717, 1.165) is 6.07 Å². The lowest BCUT2D eigenvalue weighted by Gasteiger charge is -2.34. The van der Waals surface area contributed by atoms with Crippen LogP contribution in [0.15, 0.2) is 18.2 Å². The highest BCUT2D eigenvalue weighted by Gasteiger charge is 2.27. The summed E-state index contributed by atoms with van der Waals surface area (Å²) < 4.78 is 0. The number of phenols is 1. The summed E-state index contributed by atoms with van der Waals surface area (Å²) in [7, 11) is 0. The fourth-order valence-corrected chi connectivity index (χ4v) is 2.34. The summed E-state index contributed by atoms with van der Waals surface area (Å²) in [5.41, 5.74) is -0.528. The van der Waals surface area contributed by atoms with Gasteiger partial charge in [0.25, 0.3) is 5.91 Å². The molecule has 1 aromatic rings. The standard InChI is InChI=1S/C13H17N3O5/c17-9-8-14-4-6-15(7-5-14)13(19)10-2-1-3-11(12(10)18)16(20)21/h1-3,17-18H,4-9H2. The first-order valence-electron chi connectivity index (χ1n) is 6.63. The van der Waals surface area contributed by atoms with Crippen molar-refractivity contribution in [3.05, 3.63) is 33.9 Å². The Morgan fingerprint density at radius 3 is 2.52 bits per heavy atom. The van der Waals surface area contributed by atoms with Crippen LogP contribution in [0.1, 0.15) is 10.4 Å². The number of nitrogens with zero attached hydrogens (tertiary/aromatic N) is 3. The topological polar surface area (TPSA) is 107 Å². The molecule has 8 heteroatoms. The predicted octanol–water partition coefficient (Wildman–Crippen LogP) is 0.0505. The molecule has 0 spiro atoms. The number of carbonyl (C=O) groups is 1. The molecule has 0 aliphatic carbocycles. The van der Waals surface area contributed by atoms with Crippen molar-refractivity contribution in [1.29, 1.82) is 0 Å². The Labute approximate surface area is 121 Å². The van der Waals surface area contributed by atoms with E-state index in [2.05, 4.69) is 0 Å². The maximum atomic E-state index is 12.3. The minimum Gasteiger partial charge on any atom is -0.502 e. The van der Waals surface area contributed by atoms with Gasteiger partial charge in [0, 0.05) is 38.8 Å². The van der Waals surface area contributed by atoms with Crippen molar-refractivity contribution in [2.45, 2.75) is 0 Å². The number of aromatic hydroxyl groups is 1. The Kier molecular flexibility index (Phi) is 4.71. The molecule has 0 radical (unpaired) electrons. The molecule has 2 rings (SSSR count). The summed E-state index contributed by atoms with van der Waals surface area (Å²) in [6.45, 7) is 2.80. The van der Waals surface area contributed by atoms with Crippen molar-refractivity contribution in [1.82, 2.24) is 9.80 Å². The minimum absolute atomic E-state index is 0.0557. The Morgan fingerprint density at radius 2 is 1.95 bits per heavy atom. The SMILES string of the molecule is O=C(c1cccc([N+](=O)[O-])c1O)N1CCN(CCO)CC1. The van der Waals surface area contributed by atoms with E-state index >= 15 is 0 Å². The van der Waals surface area contributed by atoms with E-state index in [0.29, 0.717) is 32.7 Å². The molecule has 1 aliphatic heterocycles. The average Bonchev–Trinajstić information content (AvgIpc) is 2.47. The Hall–Kier alpha value is -2.19. The lowest BCUT2D eigenvalue weighted by molar-refractivity contribution is -0.385. The number of benzene rings is 1. The summed E-state index contributed by atoms with van der Waals surface area (Å²) in [5, 5.41) is 29.5. The number of amides is 1. The van der Waals surface area contributed by atoms with Crippen LogP contribution >= 0.6 is 0 Å². The molecule has 1 aromatic carbocycles. The molecule has 0 saturated carbocycles. The lowest BCUT2D eigenvalue weighted by atomic mass is 10.1. The molecule has 0 aromatic heterocycles. The molecule has 2 N–H and O–H groups in total. The molecule has 1 amide bonds. The Morgan fingerprint density at radius 1 is 1.29 bits per heavy atom. The van der Waals surface area contributed by atoms with Gasteiger partial charge in [0.2, 0.25) is 5.75 Å². The van der Waals surface area contributed by atoms with Gasteiger partial charge in [-0.15, -0.1) is 0 Å². The monoisotopic (exact) mass is 295 g/mol. The van der Waals surface area contributed by atoms with Crippen LogP contribution in [-0.4, -0.2) is 70.2 Å². The fourth-order valence-electron chi connectivity index (χ4n) is 2.34. The first-order chi connectivity index (χ1) is 10.0. The van der Waals surface area contributed by atoms with Gasteiger partial charge in [0.05, 0.1) is 17.1 Å². The van der Waals surface area contributed by atoms with Crippen molar-refractivity contribution < 1.29 is 19.9 Å². The van der Waals surface area contributed by atoms with Crippen LogP contribution in [0.25, 0.3) is 0 Å². The molecule has 1 saturated heterocycles. The van der Waals surface area contributed by atoms with Gasteiger partial charge < -0.3 is 15.1 Å². The molecule has 114 valence electrons. The van der Waals surface area contributed by atoms with E-state index in [9.17, 15) is 20.0 Å². The summed E-state index contributed by atoms with van der Waals surface area (Å²) in [5.74, 6) is -1.01. The third-order valence-electron chi connectivity index (χ3n) is 3.52. The summed E-state index contributed by atoms with van der Waals surface area (Å²) in [6.07, 6.45) is 0. The third kappa shape index (κ3) is 3.29. The number of aliphatic hydroxyl groups excluding tert-OH is 1. The molecule has 1 heterocycles. The summed E-state index contributed by atoms with van der Waals surface area (Å²) >= 11 is 0. The number of para-hydroxylation sites is 1. The zero-order valence-corrected chi connectivity index (χ0v) is 11.4. The number of nitro benzene ring substituents is 1. The van der Waals surface area contributed by atoms with Crippen LogP contribution in [0.2, 0.25) is 0 Å². The van der Waals surface area contributed by atoms with E-state index in [1.807, 2.05) is 4.90 Å². The van der Waals surface area contributed by atoms with Crippen molar-refractivity contribution in [2.24, 2.45) is 0 Å².